The van der Waals surface area contributed by atoms with E-state index in [9.17, 15) is 0 Å². The minimum Gasteiger partial charge on any atom is -0.366 e. The van der Waals surface area contributed by atoms with Crippen LogP contribution in [0.3, 0.4) is 0 Å². The van der Waals surface area contributed by atoms with Gasteiger partial charge in [-0.2, -0.15) is 0 Å². The van der Waals surface area contributed by atoms with Gasteiger partial charge in [-0.15, -0.1) is 0 Å². The Morgan fingerprint density at radius 1 is 1.12 bits per heavy atom. The lowest BCUT2D eigenvalue weighted by Gasteiger charge is -2.44. The van der Waals surface area contributed by atoms with Crippen LogP contribution in [0.2, 0.25) is 0 Å². The van der Waals surface area contributed by atoms with E-state index in [4.69, 9.17) is 4.98 Å². The number of aromatic nitrogens is 1. The van der Waals surface area contributed by atoms with E-state index in [1.807, 2.05) is 0 Å². The number of piperidine rings is 1. The number of nitrogens with zero attached hydrogens (tertiary/aromatic N) is 2. The molecule has 0 bridgehead atoms. The Morgan fingerprint density at radius 2 is 2.00 bits per heavy atom. The number of pyridine rings is 1. The first-order chi connectivity index (χ1) is 12.3. The standard InChI is InChI=1S/C22H29N3/c1-2-12-25-13-6-9-19-14-20-18(15-21(19)25)10-11-22(24-20)23-16-17-7-4-3-5-8-17/h3-5,7-8,10-11,19,21H,2,6,9,12-16H2,1H3,(H,23,24). The summed E-state index contributed by atoms with van der Waals surface area (Å²) < 4.78 is 0. The van der Waals surface area contributed by atoms with Gasteiger partial charge in [0.25, 0.3) is 0 Å². The third kappa shape index (κ3) is 3.72. The van der Waals surface area contributed by atoms with Crippen LogP contribution in [-0.4, -0.2) is 29.0 Å². The van der Waals surface area contributed by atoms with Gasteiger partial charge in [-0.1, -0.05) is 43.3 Å². The lowest BCUT2D eigenvalue weighted by Crippen LogP contribution is -2.49. The minimum atomic E-state index is 0.742. The SMILES string of the molecule is CCCN1CCCC2Cc3nc(NCc4ccccc4)ccc3CC21. The van der Waals surface area contributed by atoms with Crippen molar-refractivity contribution in [1.82, 2.24) is 9.88 Å². The molecule has 3 nitrogen and oxygen atoms in total. The quantitative estimate of drug-likeness (QED) is 0.884. The fourth-order valence-electron chi connectivity index (χ4n) is 4.57. The first-order valence-corrected chi connectivity index (χ1v) is 9.84. The van der Waals surface area contributed by atoms with Crippen molar-refractivity contribution < 1.29 is 0 Å². The molecule has 0 saturated carbocycles. The smallest absolute Gasteiger partial charge is 0.126 e. The van der Waals surface area contributed by atoms with Crippen LogP contribution in [-0.2, 0) is 19.4 Å². The van der Waals surface area contributed by atoms with E-state index in [0.717, 1.165) is 30.7 Å². The summed E-state index contributed by atoms with van der Waals surface area (Å²) in [6.07, 6.45) is 6.32. The number of rotatable bonds is 5. The van der Waals surface area contributed by atoms with Crippen molar-refractivity contribution in [1.29, 1.82) is 0 Å². The van der Waals surface area contributed by atoms with Gasteiger partial charge in [-0.25, -0.2) is 4.98 Å². The summed E-state index contributed by atoms with van der Waals surface area (Å²) in [6.45, 7) is 5.67. The van der Waals surface area contributed by atoms with Crippen molar-refractivity contribution >= 4 is 5.82 Å². The molecule has 3 heteroatoms. The van der Waals surface area contributed by atoms with Gasteiger partial charge in [-0.05, 0) is 68.3 Å². The number of hydrogen-bond donors (Lipinski definition) is 1. The largest absolute Gasteiger partial charge is 0.366 e. The molecule has 0 spiro atoms. The molecule has 2 heterocycles. The lowest BCUT2D eigenvalue weighted by atomic mass is 9.77. The lowest BCUT2D eigenvalue weighted by molar-refractivity contribution is 0.0846. The summed E-state index contributed by atoms with van der Waals surface area (Å²) in [5.41, 5.74) is 4.09. The first kappa shape index (κ1) is 16.6. The molecule has 4 rings (SSSR count). The minimum absolute atomic E-state index is 0.742. The normalized spacial score (nSPS) is 22.9. The molecule has 1 aliphatic carbocycles. The maximum absolute atomic E-state index is 4.96. The van der Waals surface area contributed by atoms with Gasteiger partial charge in [0.15, 0.2) is 0 Å². The molecule has 2 aromatic rings. The second kappa shape index (κ2) is 7.57. The van der Waals surface area contributed by atoms with Gasteiger partial charge in [0.2, 0.25) is 0 Å². The zero-order valence-corrected chi connectivity index (χ0v) is 15.2. The van der Waals surface area contributed by atoms with Crippen molar-refractivity contribution in [2.24, 2.45) is 5.92 Å². The molecule has 0 amide bonds. The van der Waals surface area contributed by atoms with Gasteiger partial charge in [0.1, 0.15) is 5.82 Å². The number of hydrogen-bond acceptors (Lipinski definition) is 3. The molecule has 1 aromatic heterocycles. The van der Waals surface area contributed by atoms with Crippen molar-refractivity contribution in [2.75, 3.05) is 18.4 Å². The molecule has 2 unspecified atom stereocenters. The van der Waals surface area contributed by atoms with Crippen LogP contribution in [0.5, 0.6) is 0 Å². The van der Waals surface area contributed by atoms with Crippen molar-refractivity contribution in [3.63, 3.8) is 0 Å². The molecule has 2 aliphatic rings. The molecule has 1 saturated heterocycles. The first-order valence-electron chi connectivity index (χ1n) is 9.84. The van der Waals surface area contributed by atoms with Crippen LogP contribution in [0, 0.1) is 5.92 Å². The number of nitrogens with one attached hydrogen (secondary N) is 1. The van der Waals surface area contributed by atoms with Gasteiger partial charge in [0.05, 0.1) is 0 Å². The van der Waals surface area contributed by atoms with E-state index in [-0.39, 0.29) is 0 Å². The molecule has 1 N–H and O–H groups in total. The van der Waals surface area contributed by atoms with Crippen LogP contribution in [0.25, 0.3) is 0 Å². The predicted octanol–water partition coefficient (Wildman–Crippen LogP) is 4.28. The summed E-state index contributed by atoms with van der Waals surface area (Å²) >= 11 is 0. The average molecular weight is 335 g/mol. The van der Waals surface area contributed by atoms with Crippen LogP contribution in [0.1, 0.15) is 43.0 Å². The number of benzene rings is 1. The van der Waals surface area contributed by atoms with Crippen molar-refractivity contribution in [2.45, 2.75) is 51.6 Å². The van der Waals surface area contributed by atoms with Crippen LogP contribution < -0.4 is 5.32 Å². The van der Waals surface area contributed by atoms with Crippen molar-refractivity contribution in [3.05, 3.63) is 59.3 Å². The van der Waals surface area contributed by atoms with E-state index in [2.05, 4.69) is 59.6 Å². The zero-order chi connectivity index (χ0) is 17.1. The summed E-state index contributed by atoms with van der Waals surface area (Å²) in [7, 11) is 0. The van der Waals surface area contributed by atoms with E-state index in [0.29, 0.717) is 0 Å². The molecule has 25 heavy (non-hydrogen) atoms. The summed E-state index contributed by atoms with van der Waals surface area (Å²) in [6, 6.07) is 15.8. The second-order valence-electron chi connectivity index (χ2n) is 7.56. The Balaban J connectivity index is 1.46. The van der Waals surface area contributed by atoms with Crippen LogP contribution >= 0.6 is 0 Å². The Morgan fingerprint density at radius 3 is 2.84 bits per heavy atom. The third-order valence-electron chi connectivity index (χ3n) is 5.81. The summed E-state index contributed by atoms with van der Waals surface area (Å²) in [4.78, 5) is 7.70. The van der Waals surface area contributed by atoms with Gasteiger partial charge in [0, 0.05) is 18.3 Å². The van der Waals surface area contributed by atoms with Crippen molar-refractivity contribution in [3.8, 4) is 0 Å². The second-order valence-corrected chi connectivity index (χ2v) is 7.56. The molecule has 1 aromatic carbocycles. The van der Waals surface area contributed by atoms with E-state index < -0.39 is 0 Å². The Hall–Kier alpha value is -1.87. The summed E-state index contributed by atoms with van der Waals surface area (Å²) in [5.74, 6) is 1.81. The Bertz CT molecular complexity index is 696. The van der Waals surface area contributed by atoms with Gasteiger partial charge >= 0.3 is 0 Å². The highest BCUT2D eigenvalue weighted by atomic mass is 15.2. The topological polar surface area (TPSA) is 28.2 Å². The Kier molecular flexibility index (Phi) is 5.02. The molecule has 2 atom stereocenters. The molecular formula is C22H29N3. The molecule has 132 valence electrons. The fraction of sp³-hybridized carbons (Fsp3) is 0.500. The van der Waals surface area contributed by atoms with Crippen LogP contribution in [0.4, 0.5) is 5.82 Å². The van der Waals surface area contributed by atoms with E-state index in [1.54, 1.807) is 0 Å². The maximum atomic E-state index is 4.96. The maximum Gasteiger partial charge on any atom is 0.126 e. The summed E-state index contributed by atoms with van der Waals surface area (Å²) in [5, 5.41) is 3.49. The Labute approximate surface area is 151 Å². The highest BCUT2D eigenvalue weighted by Crippen LogP contribution is 2.34. The monoisotopic (exact) mass is 335 g/mol. The molecule has 1 aliphatic heterocycles. The number of fused-ring (bicyclic) bond motifs is 2. The molecular weight excluding hydrogens is 306 g/mol. The molecule has 1 fully saturated rings. The zero-order valence-electron chi connectivity index (χ0n) is 15.2. The number of anilines is 1. The highest BCUT2D eigenvalue weighted by Gasteiger charge is 2.35. The van der Waals surface area contributed by atoms with Gasteiger partial charge in [-0.3, -0.25) is 4.90 Å². The van der Waals surface area contributed by atoms with E-state index >= 15 is 0 Å². The predicted molar refractivity (Wildman–Crippen MR) is 104 cm³/mol. The third-order valence-corrected chi connectivity index (χ3v) is 5.81. The number of likely N-dealkylation sites (tertiary alicyclic amines) is 1. The highest BCUT2D eigenvalue weighted by molar-refractivity contribution is 5.41. The molecule has 0 radical (unpaired) electrons. The fourth-order valence-corrected chi connectivity index (χ4v) is 4.57. The van der Waals surface area contributed by atoms with Crippen LogP contribution in [0.15, 0.2) is 42.5 Å². The average Bonchev–Trinajstić information content (AvgIpc) is 2.66. The van der Waals surface area contributed by atoms with E-state index in [1.165, 1.54) is 55.6 Å². The van der Waals surface area contributed by atoms with Gasteiger partial charge < -0.3 is 5.32 Å².